The molecular formula is C18H23IN4O2. The number of rotatable bonds is 7. The molecule has 0 saturated heterocycles. The zero-order chi connectivity index (χ0) is 17.2. The van der Waals surface area contributed by atoms with Gasteiger partial charge in [0.25, 0.3) is 5.69 Å². The minimum absolute atomic E-state index is 0. The highest BCUT2D eigenvalue weighted by Crippen LogP contribution is 2.18. The quantitative estimate of drug-likeness (QED) is 0.221. The number of guanidine groups is 1. The maximum atomic E-state index is 11.0. The van der Waals surface area contributed by atoms with E-state index in [1.165, 1.54) is 11.6 Å². The van der Waals surface area contributed by atoms with Gasteiger partial charge in [-0.05, 0) is 18.9 Å². The Labute approximate surface area is 164 Å². The average Bonchev–Trinajstić information content (AvgIpc) is 2.60. The number of benzene rings is 2. The van der Waals surface area contributed by atoms with E-state index in [4.69, 9.17) is 0 Å². The van der Waals surface area contributed by atoms with Crippen molar-refractivity contribution in [2.45, 2.75) is 19.9 Å². The molecule has 0 atom stereocenters. The second-order valence-corrected chi connectivity index (χ2v) is 5.24. The molecule has 0 amide bonds. The molecule has 25 heavy (non-hydrogen) atoms. The van der Waals surface area contributed by atoms with Gasteiger partial charge in [0, 0.05) is 19.2 Å². The summed E-state index contributed by atoms with van der Waals surface area (Å²) >= 11 is 0. The second-order valence-electron chi connectivity index (χ2n) is 5.24. The van der Waals surface area contributed by atoms with E-state index in [1.54, 1.807) is 18.2 Å². The van der Waals surface area contributed by atoms with Gasteiger partial charge in [-0.15, -0.1) is 24.0 Å². The molecule has 0 unspecified atom stereocenters. The third-order valence-electron chi connectivity index (χ3n) is 3.49. The molecule has 2 rings (SSSR count). The lowest BCUT2D eigenvalue weighted by Gasteiger charge is -2.11. The lowest BCUT2D eigenvalue weighted by molar-refractivity contribution is -0.385. The molecule has 2 N–H and O–H groups in total. The highest BCUT2D eigenvalue weighted by atomic mass is 127. The number of halogens is 1. The van der Waals surface area contributed by atoms with Crippen LogP contribution in [0.3, 0.4) is 0 Å². The summed E-state index contributed by atoms with van der Waals surface area (Å²) in [6.45, 7) is 3.72. The van der Waals surface area contributed by atoms with Crippen molar-refractivity contribution in [2.75, 3.05) is 13.1 Å². The molecule has 0 aliphatic carbocycles. The van der Waals surface area contributed by atoms with Gasteiger partial charge in [-0.2, -0.15) is 0 Å². The Morgan fingerprint density at radius 1 is 1.08 bits per heavy atom. The van der Waals surface area contributed by atoms with Crippen LogP contribution in [0.1, 0.15) is 18.1 Å². The van der Waals surface area contributed by atoms with Gasteiger partial charge in [-0.25, -0.2) is 4.99 Å². The van der Waals surface area contributed by atoms with Crippen molar-refractivity contribution in [3.63, 3.8) is 0 Å². The summed E-state index contributed by atoms with van der Waals surface area (Å²) in [5.74, 6) is 0.659. The van der Waals surface area contributed by atoms with E-state index >= 15 is 0 Å². The molecule has 0 heterocycles. The smallest absolute Gasteiger partial charge is 0.274 e. The Hall–Kier alpha value is -2.16. The lowest BCUT2D eigenvalue weighted by atomic mass is 10.1. The van der Waals surface area contributed by atoms with Crippen molar-refractivity contribution >= 4 is 35.6 Å². The molecule has 134 valence electrons. The van der Waals surface area contributed by atoms with E-state index in [0.29, 0.717) is 11.5 Å². The Balaban J connectivity index is 0.00000312. The molecule has 0 spiro atoms. The summed E-state index contributed by atoms with van der Waals surface area (Å²) in [5.41, 5.74) is 1.95. The molecule has 0 saturated carbocycles. The van der Waals surface area contributed by atoms with Crippen LogP contribution in [0, 0.1) is 10.1 Å². The first-order valence-electron chi connectivity index (χ1n) is 7.99. The number of aliphatic imine (C=N–C) groups is 1. The summed E-state index contributed by atoms with van der Waals surface area (Å²) in [7, 11) is 0. The van der Waals surface area contributed by atoms with Crippen LogP contribution in [0.5, 0.6) is 0 Å². The Morgan fingerprint density at radius 2 is 1.76 bits per heavy atom. The zero-order valence-corrected chi connectivity index (χ0v) is 16.5. The zero-order valence-electron chi connectivity index (χ0n) is 14.1. The molecular weight excluding hydrogens is 431 g/mol. The number of nitrogens with zero attached hydrogens (tertiary/aromatic N) is 2. The van der Waals surface area contributed by atoms with Crippen LogP contribution in [-0.2, 0) is 13.0 Å². The fourth-order valence-corrected chi connectivity index (χ4v) is 2.30. The first kappa shape index (κ1) is 20.9. The van der Waals surface area contributed by atoms with Gasteiger partial charge in [0.1, 0.15) is 0 Å². The standard InChI is InChI=1S/C18H22N4O2.HI/c1-2-19-18(20-13-12-15-8-4-3-5-9-15)21-14-16-10-6-7-11-17(16)22(23)24;/h3-11H,2,12-14H2,1H3,(H2,19,20,21);1H. The van der Waals surface area contributed by atoms with Crippen LogP contribution in [0.25, 0.3) is 0 Å². The van der Waals surface area contributed by atoms with Crippen molar-refractivity contribution in [1.29, 1.82) is 0 Å². The van der Waals surface area contributed by atoms with Crippen LogP contribution in [0.4, 0.5) is 5.69 Å². The van der Waals surface area contributed by atoms with E-state index in [9.17, 15) is 10.1 Å². The minimum Gasteiger partial charge on any atom is -0.357 e. The van der Waals surface area contributed by atoms with Crippen molar-refractivity contribution in [2.24, 2.45) is 4.99 Å². The summed E-state index contributed by atoms with van der Waals surface area (Å²) in [4.78, 5) is 15.1. The first-order chi connectivity index (χ1) is 11.7. The Morgan fingerprint density at radius 3 is 2.44 bits per heavy atom. The number of nitro benzene ring substituents is 1. The second kappa shape index (κ2) is 11.4. The summed E-state index contributed by atoms with van der Waals surface area (Å²) in [5, 5.41) is 17.5. The molecule has 0 bridgehead atoms. The molecule has 0 fully saturated rings. The van der Waals surface area contributed by atoms with Crippen LogP contribution in [0.15, 0.2) is 59.6 Å². The summed E-state index contributed by atoms with van der Waals surface area (Å²) in [6.07, 6.45) is 0.886. The van der Waals surface area contributed by atoms with Crippen molar-refractivity contribution in [3.8, 4) is 0 Å². The van der Waals surface area contributed by atoms with Gasteiger partial charge >= 0.3 is 0 Å². The van der Waals surface area contributed by atoms with Crippen molar-refractivity contribution < 1.29 is 4.92 Å². The topological polar surface area (TPSA) is 79.6 Å². The SMILES string of the molecule is CCNC(=NCc1ccccc1[N+](=O)[O-])NCCc1ccccc1.I. The van der Waals surface area contributed by atoms with Gasteiger partial charge < -0.3 is 10.6 Å². The van der Waals surface area contributed by atoms with Gasteiger partial charge in [0.15, 0.2) is 5.96 Å². The fraction of sp³-hybridized carbons (Fsp3) is 0.278. The number of nitrogens with one attached hydrogen (secondary N) is 2. The minimum atomic E-state index is -0.374. The molecule has 0 radical (unpaired) electrons. The Bertz CT molecular complexity index is 692. The first-order valence-corrected chi connectivity index (χ1v) is 7.99. The van der Waals surface area contributed by atoms with Crippen LogP contribution < -0.4 is 10.6 Å². The largest absolute Gasteiger partial charge is 0.357 e. The van der Waals surface area contributed by atoms with Crippen molar-refractivity contribution in [1.82, 2.24) is 10.6 Å². The van der Waals surface area contributed by atoms with Crippen LogP contribution >= 0.6 is 24.0 Å². The molecule has 6 nitrogen and oxygen atoms in total. The Kier molecular flexibility index (Phi) is 9.53. The van der Waals surface area contributed by atoms with Crippen LogP contribution in [0.2, 0.25) is 0 Å². The third kappa shape index (κ3) is 7.08. The molecule has 2 aromatic carbocycles. The predicted octanol–water partition coefficient (Wildman–Crippen LogP) is 3.51. The number of para-hydroxylation sites is 1. The number of hydrogen-bond acceptors (Lipinski definition) is 3. The molecule has 0 aliphatic rings. The number of nitro groups is 1. The molecule has 0 aliphatic heterocycles. The molecule has 0 aromatic heterocycles. The van der Waals surface area contributed by atoms with Gasteiger partial charge in [-0.3, -0.25) is 10.1 Å². The van der Waals surface area contributed by atoms with E-state index in [1.807, 2.05) is 25.1 Å². The summed E-state index contributed by atoms with van der Waals surface area (Å²) in [6, 6.07) is 16.9. The van der Waals surface area contributed by atoms with Crippen LogP contribution in [-0.4, -0.2) is 24.0 Å². The molecule has 7 heteroatoms. The normalized spacial score (nSPS) is 10.7. The highest BCUT2D eigenvalue weighted by molar-refractivity contribution is 14.0. The van der Waals surface area contributed by atoms with E-state index in [2.05, 4.69) is 27.8 Å². The van der Waals surface area contributed by atoms with E-state index in [-0.39, 0.29) is 41.1 Å². The maximum Gasteiger partial charge on any atom is 0.274 e. The van der Waals surface area contributed by atoms with Gasteiger partial charge in [0.05, 0.1) is 17.0 Å². The summed E-state index contributed by atoms with van der Waals surface area (Å²) < 4.78 is 0. The molecule has 2 aromatic rings. The number of hydrogen-bond donors (Lipinski definition) is 2. The average molecular weight is 454 g/mol. The fourth-order valence-electron chi connectivity index (χ4n) is 2.30. The third-order valence-corrected chi connectivity index (χ3v) is 3.49. The van der Waals surface area contributed by atoms with Gasteiger partial charge in [-0.1, -0.05) is 48.5 Å². The predicted molar refractivity (Wildman–Crippen MR) is 111 cm³/mol. The van der Waals surface area contributed by atoms with Crippen molar-refractivity contribution in [3.05, 3.63) is 75.8 Å². The highest BCUT2D eigenvalue weighted by Gasteiger charge is 2.11. The van der Waals surface area contributed by atoms with Gasteiger partial charge in [0.2, 0.25) is 0 Å². The maximum absolute atomic E-state index is 11.0. The van der Waals surface area contributed by atoms with E-state index < -0.39 is 0 Å². The van der Waals surface area contributed by atoms with E-state index in [0.717, 1.165) is 19.5 Å². The monoisotopic (exact) mass is 454 g/mol. The lowest BCUT2D eigenvalue weighted by Crippen LogP contribution is -2.38.